The van der Waals surface area contributed by atoms with Crippen LogP contribution in [0.5, 0.6) is 0 Å². The van der Waals surface area contributed by atoms with Crippen molar-refractivity contribution in [3.63, 3.8) is 0 Å². The molecule has 130 valence electrons. The Hall–Kier alpha value is -2.75. The molecule has 6 nitrogen and oxygen atoms in total. The van der Waals surface area contributed by atoms with Gasteiger partial charge in [-0.2, -0.15) is 18.3 Å². The largest absolute Gasteiger partial charge is 0.417 e. The molecule has 0 saturated carbocycles. The number of nitrogens with one attached hydrogen (secondary N) is 1. The standard InChI is InChI=1S/C15H12F3N5OS/c1-8-5-20-14(25-8)22-13(24)11-7-21-23(9(11)2)12-4-3-10(6-19-12)15(16,17)18/h3-7H,1-2H3,(H,20,22,24). The van der Waals surface area contributed by atoms with Gasteiger partial charge in [-0.15, -0.1) is 11.3 Å². The van der Waals surface area contributed by atoms with E-state index < -0.39 is 17.6 Å². The van der Waals surface area contributed by atoms with Gasteiger partial charge >= 0.3 is 6.18 Å². The second-order valence-electron chi connectivity index (χ2n) is 5.19. The third-order valence-corrected chi connectivity index (χ3v) is 4.22. The average Bonchev–Trinajstić information content (AvgIpc) is 3.12. The summed E-state index contributed by atoms with van der Waals surface area (Å²) < 4.78 is 39.1. The van der Waals surface area contributed by atoms with E-state index in [4.69, 9.17) is 0 Å². The van der Waals surface area contributed by atoms with Crippen LogP contribution in [-0.2, 0) is 6.18 Å². The van der Waals surface area contributed by atoms with E-state index in [0.717, 1.165) is 17.1 Å². The lowest BCUT2D eigenvalue weighted by Crippen LogP contribution is -2.13. The van der Waals surface area contributed by atoms with Crippen LogP contribution < -0.4 is 5.32 Å². The van der Waals surface area contributed by atoms with Crippen molar-refractivity contribution in [2.75, 3.05) is 5.32 Å². The van der Waals surface area contributed by atoms with Gasteiger partial charge in [0.15, 0.2) is 10.9 Å². The molecular weight excluding hydrogens is 355 g/mol. The fourth-order valence-electron chi connectivity index (χ4n) is 2.12. The van der Waals surface area contributed by atoms with E-state index in [0.29, 0.717) is 10.8 Å². The molecule has 0 aliphatic carbocycles. The highest BCUT2D eigenvalue weighted by atomic mass is 32.1. The number of halogens is 3. The summed E-state index contributed by atoms with van der Waals surface area (Å²) in [6.07, 6.45) is -0.747. The molecule has 10 heteroatoms. The predicted octanol–water partition coefficient (Wildman–Crippen LogP) is 3.61. The number of hydrogen-bond donors (Lipinski definition) is 1. The van der Waals surface area contributed by atoms with Gasteiger partial charge in [0, 0.05) is 17.3 Å². The summed E-state index contributed by atoms with van der Waals surface area (Å²) >= 11 is 1.33. The van der Waals surface area contributed by atoms with Crippen LogP contribution in [0.2, 0.25) is 0 Å². The Labute approximate surface area is 144 Å². The molecule has 3 heterocycles. The number of carbonyl (C=O) groups excluding carboxylic acids is 1. The van der Waals surface area contributed by atoms with Crippen LogP contribution in [0.15, 0.2) is 30.7 Å². The number of aromatic nitrogens is 4. The highest BCUT2D eigenvalue weighted by Gasteiger charge is 2.30. The summed E-state index contributed by atoms with van der Waals surface area (Å²) in [6.45, 7) is 3.50. The minimum absolute atomic E-state index is 0.189. The molecule has 25 heavy (non-hydrogen) atoms. The summed E-state index contributed by atoms with van der Waals surface area (Å²) in [4.78, 5) is 21.1. The second kappa shape index (κ2) is 6.28. The second-order valence-corrected chi connectivity index (χ2v) is 6.42. The van der Waals surface area contributed by atoms with Crippen LogP contribution in [0.1, 0.15) is 26.5 Å². The van der Waals surface area contributed by atoms with E-state index in [1.165, 1.54) is 28.3 Å². The number of amides is 1. The van der Waals surface area contributed by atoms with Crippen LogP contribution in [0.4, 0.5) is 18.3 Å². The first kappa shape index (κ1) is 17.1. The smallest absolute Gasteiger partial charge is 0.298 e. The summed E-state index contributed by atoms with van der Waals surface area (Å²) in [6, 6.07) is 2.12. The Kier molecular flexibility index (Phi) is 4.29. The zero-order valence-corrected chi connectivity index (χ0v) is 13.9. The first-order valence-corrected chi connectivity index (χ1v) is 7.89. The zero-order chi connectivity index (χ0) is 18.2. The highest BCUT2D eigenvalue weighted by Crippen LogP contribution is 2.29. The van der Waals surface area contributed by atoms with Gasteiger partial charge in [-0.25, -0.2) is 14.6 Å². The van der Waals surface area contributed by atoms with Crippen molar-refractivity contribution in [2.45, 2.75) is 20.0 Å². The normalized spacial score (nSPS) is 11.6. The third kappa shape index (κ3) is 3.53. The van der Waals surface area contributed by atoms with Gasteiger partial charge in [-0.1, -0.05) is 0 Å². The van der Waals surface area contributed by atoms with Crippen molar-refractivity contribution >= 4 is 22.4 Å². The summed E-state index contributed by atoms with van der Waals surface area (Å²) in [5.74, 6) is -0.209. The van der Waals surface area contributed by atoms with Gasteiger partial charge in [-0.3, -0.25) is 10.1 Å². The number of aryl methyl sites for hydroxylation is 1. The van der Waals surface area contributed by atoms with Gasteiger partial charge in [-0.05, 0) is 26.0 Å². The molecule has 0 aliphatic rings. The van der Waals surface area contributed by atoms with Crippen LogP contribution in [0.25, 0.3) is 5.82 Å². The van der Waals surface area contributed by atoms with E-state index in [1.807, 2.05) is 6.92 Å². The Morgan fingerprint density at radius 2 is 1.92 bits per heavy atom. The molecular formula is C15H12F3N5OS. The number of pyridine rings is 1. The van der Waals surface area contributed by atoms with Gasteiger partial charge < -0.3 is 0 Å². The van der Waals surface area contributed by atoms with Crippen molar-refractivity contribution in [3.05, 3.63) is 52.4 Å². The lowest BCUT2D eigenvalue weighted by atomic mass is 10.2. The first-order valence-electron chi connectivity index (χ1n) is 7.08. The number of alkyl halides is 3. The van der Waals surface area contributed by atoms with Crippen LogP contribution in [-0.4, -0.2) is 25.7 Å². The van der Waals surface area contributed by atoms with Crippen molar-refractivity contribution < 1.29 is 18.0 Å². The molecule has 1 N–H and O–H groups in total. The number of rotatable bonds is 3. The summed E-state index contributed by atoms with van der Waals surface area (Å²) in [5.41, 5.74) is -0.106. The van der Waals surface area contributed by atoms with Crippen molar-refractivity contribution in [3.8, 4) is 5.82 Å². The quantitative estimate of drug-likeness (QED) is 0.768. The number of carbonyl (C=O) groups is 1. The van der Waals surface area contributed by atoms with Crippen LogP contribution >= 0.6 is 11.3 Å². The van der Waals surface area contributed by atoms with Gasteiger partial charge in [0.05, 0.1) is 23.0 Å². The minimum Gasteiger partial charge on any atom is -0.298 e. The van der Waals surface area contributed by atoms with E-state index in [9.17, 15) is 18.0 Å². The third-order valence-electron chi connectivity index (χ3n) is 3.39. The number of anilines is 1. The van der Waals surface area contributed by atoms with Gasteiger partial charge in [0.2, 0.25) is 0 Å². The van der Waals surface area contributed by atoms with Crippen molar-refractivity contribution in [1.29, 1.82) is 0 Å². The first-order chi connectivity index (χ1) is 11.8. The van der Waals surface area contributed by atoms with Crippen LogP contribution in [0, 0.1) is 13.8 Å². The molecule has 3 rings (SSSR count). The molecule has 0 unspecified atom stereocenters. The van der Waals surface area contributed by atoms with E-state index >= 15 is 0 Å². The van der Waals surface area contributed by atoms with E-state index in [1.54, 1.807) is 13.1 Å². The molecule has 3 aromatic heterocycles. The maximum atomic E-state index is 12.6. The molecule has 3 aromatic rings. The summed E-state index contributed by atoms with van der Waals surface area (Å²) in [7, 11) is 0. The SMILES string of the molecule is Cc1cnc(NC(=O)c2cnn(-c3ccc(C(F)(F)F)cn3)c2C)s1. The Bertz CT molecular complexity index is 914. The Morgan fingerprint density at radius 3 is 2.48 bits per heavy atom. The van der Waals surface area contributed by atoms with Crippen molar-refractivity contribution in [2.24, 2.45) is 0 Å². The lowest BCUT2D eigenvalue weighted by molar-refractivity contribution is -0.137. The molecule has 0 aliphatic heterocycles. The van der Waals surface area contributed by atoms with E-state index in [2.05, 4.69) is 20.4 Å². The molecule has 0 fully saturated rings. The maximum Gasteiger partial charge on any atom is 0.417 e. The molecule has 1 amide bonds. The number of nitrogens with zero attached hydrogens (tertiary/aromatic N) is 4. The molecule has 0 bridgehead atoms. The van der Waals surface area contributed by atoms with Gasteiger partial charge in [0.25, 0.3) is 5.91 Å². The molecule has 0 aromatic carbocycles. The molecule has 0 spiro atoms. The van der Waals surface area contributed by atoms with E-state index in [-0.39, 0.29) is 11.4 Å². The molecule has 0 atom stereocenters. The Balaban J connectivity index is 1.84. The molecule has 0 saturated heterocycles. The van der Waals surface area contributed by atoms with Crippen molar-refractivity contribution in [1.82, 2.24) is 19.7 Å². The number of thiazole rings is 1. The Morgan fingerprint density at radius 1 is 1.16 bits per heavy atom. The monoisotopic (exact) mass is 367 g/mol. The average molecular weight is 367 g/mol. The predicted molar refractivity (Wildman–Crippen MR) is 85.9 cm³/mol. The lowest BCUT2D eigenvalue weighted by Gasteiger charge is -2.08. The fraction of sp³-hybridized carbons (Fsp3) is 0.200. The zero-order valence-electron chi connectivity index (χ0n) is 13.1. The number of hydrogen-bond acceptors (Lipinski definition) is 5. The fourth-order valence-corrected chi connectivity index (χ4v) is 2.78. The molecule has 0 radical (unpaired) electrons. The maximum absolute atomic E-state index is 12.6. The summed E-state index contributed by atoms with van der Waals surface area (Å²) in [5, 5.41) is 7.16. The topological polar surface area (TPSA) is 72.7 Å². The minimum atomic E-state index is -4.46. The highest BCUT2D eigenvalue weighted by molar-refractivity contribution is 7.15. The van der Waals surface area contributed by atoms with Gasteiger partial charge in [0.1, 0.15) is 0 Å². The van der Waals surface area contributed by atoms with Crippen LogP contribution in [0.3, 0.4) is 0 Å².